The molecule has 1 aromatic rings. The average molecular weight is 238 g/mol. The van der Waals surface area contributed by atoms with Crippen molar-refractivity contribution in [2.24, 2.45) is 5.92 Å². The second-order valence-electron chi connectivity index (χ2n) is 3.88. The van der Waals surface area contributed by atoms with E-state index in [0.29, 0.717) is 6.61 Å². The monoisotopic (exact) mass is 238 g/mol. The molecule has 0 unspecified atom stereocenters. The zero-order chi connectivity index (χ0) is 11.5. The second-order valence-corrected chi connectivity index (χ2v) is 4.28. The summed E-state index contributed by atoms with van der Waals surface area (Å²) in [5.74, 6) is -0.782. The van der Waals surface area contributed by atoms with Crippen LogP contribution in [0.1, 0.15) is 23.5 Å². The quantitative estimate of drug-likeness (QED) is 0.801. The Kier molecular flexibility index (Phi) is 3.32. The summed E-state index contributed by atoms with van der Waals surface area (Å²) in [4.78, 5) is 10.7. The molecule has 0 bridgehead atoms. The number of hydrogen-bond acceptors (Lipinski definition) is 3. The average Bonchev–Trinajstić information content (AvgIpc) is 3.07. The SMILES string of the molecule is O=POCc1ccc([C@H]2C[C@@H]2C(=O)O)cc1. The summed E-state index contributed by atoms with van der Waals surface area (Å²) in [5, 5.41) is 8.80. The first-order chi connectivity index (χ1) is 7.72. The largest absolute Gasteiger partial charge is 0.481 e. The van der Waals surface area contributed by atoms with Crippen LogP contribution in [0.15, 0.2) is 24.3 Å². The molecule has 2 rings (SSSR count). The van der Waals surface area contributed by atoms with E-state index < -0.39 is 5.97 Å². The third-order valence-electron chi connectivity index (χ3n) is 2.80. The van der Waals surface area contributed by atoms with Gasteiger partial charge in [0.2, 0.25) is 0 Å². The zero-order valence-electron chi connectivity index (χ0n) is 8.50. The fourth-order valence-corrected chi connectivity index (χ4v) is 2.00. The van der Waals surface area contributed by atoms with E-state index in [1.165, 1.54) is 0 Å². The standard InChI is InChI=1S/C11H11O4P/c12-11(13)10-5-9(10)8-3-1-7(2-4-8)6-15-16-14/h1-4,9-10H,5-6H2,(H,12,13)/t9-,10+/m1/s1. The van der Waals surface area contributed by atoms with E-state index in [4.69, 9.17) is 9.63 Å². The molecular weight excluding hydrogens is 227 g/mol. The van der Waals surface area contributed by atoms with Crippen molar-refractivity contribution in [2.75, 3.05) is 0 Å². The van der Waals surface area contributed by atoms with Gasteiger partial charge in [0.05, 0.1) is 12.5 Å². The minimum absolute atomic E-state index is 0.158. The minimum Gasteiger partial charge on any atom is -0.481 e. The highest BCUT2D eigenvalue weighted by Crippen LogP contribution is 2.47. The van der Waals surface area contributed by atoms with Crippen LogP contribution in [0, 0.1) is 5.92 Å². The highest BCUT2D eigenvalue weighted by atomic mass is 31.1. The summed E-state index contributed by atoms with van der Waals surface area (Å²) in [7, 11) is -0.326. The molecule has 1 aliphatic rings. The Labute approximate surface area is 94.5 Å². The topological polar surface area (TPSA) is 63.6 Å². The Morgan fingerprint density at radius 1 is 1.44 bits per heavy atom. The van der Waals surface area contributed by atoms with Gasteiger partial charge in [0.25, 0.3) is 0 Å². The number of aliphatic carboxylic acids is 1. The van der Waals surface area contributed by atoms with Gasteiger partial charge in [-0.1, -0.05) is 24.3 Å². The molecule has 0 aromatic heterocycles. The van der Waals surface area contributed by atoms with Gasteiger partial charge in [-0.3, -0.25) is 9.32 Å². The molecule has 1 fully saturated rings. The summed E-state index contributed by atoms with van der Waals surface area (Å²) in [5.41, 5.74) is 1.98. The molecule has 84 valence electrons. The molecule has 0 radical (unpaired) electrons. The summed E-state index contributed by atoms with van der Waals surface area (Å²) >= 11 is 0. The Hall–Kier alpha value is -1.25. The van der Waals surface area contributed by atoms with Crippen molar-refractivity contribution in [2.45, 2.75) is 18.9 Å². The molecule has 4 nitrogen and oxygen atoms in total. The maximum absolute atomic E-state index is 10.7. The number of carboxylic acids is 1. The van der Waals surface area contributed by atoms with Crippen LogP contribution in [-0.4, -0.2) is 11.1 Å². The predicted octanol–water partition coefficient (Wildman–Crippen LogP) is 2.60. The first-order valence-electron chi connectivity index (χ1n) is 4.98. The summed E-state index contributed by atoms with van der Waals surface area (Å²) in [6.45, 7) is 0.304. The molecule has 5 heteroatoms. The van der Waals surface area contributed by atoms with Crippen LogP contribution in [0.2, 0.25) is 0 Å². The highest BCUT2D eigenvalue weighted by molar-refractivity contribution is 7.17. The van der Waals surface area contributed by atoms with Crippen LogP contribution < -0.4 is 0 Å². The van der Waals surface area contributed by atoms with Crippen molar-refractivity contribution < 1.29 is 19.0 Å². The summed E-state index contributed by atoms with van der Waals surface area (Å²) < 4.78 is 14.8. The first kappa shape index (κ1) is 11.2. The summed E-state index contributed by atoms with van der Waals surface area (Å²) in [6.07, 6.45) is 0.727. The lowest BCUT2D eigenvalue weighted by atomic mass is 10.1. The Morgan fingerprint density at radius 3 is 2.62 bits per heavy atom. The number of carboxylic acid groups (broad SMARTS) is 1. The first-order valence-corrected chi connectivity index (χ1v) is 5.71. The van der Waals surface area contributed by atoms with Gasteiger partial charge < -0.3 is 5.11 Å². The van der Waals surface area contributed by atoms with Crippen molar-refractivity contribution in [3.05, 3.63) is 35.4 Å². The van der Waals surface area contributed by atoms with Gasteiger partial charge in [0.15, 0.2) is 0 Å². The van der Waals surface area contributed by atoms with E-state index in [-0.39, 0.29) is 20.5 Å². The highest BCUT2D eigenvalue weighted by Gasteiger charge is 2.43. The van der Waals surface area contributed by atoms with Gasteiger partial charge >= 0.3 is 14.7 Å². The normalized spacial score (nSPS) is 23.2. The molecule has 1 N–H and O–H groups in total. The van der Waals surface area contributed by atoms with Crippen molar-refractivity contribution in [1.29, 1.82) is 0 Å². The van der Waals surface area contributed by atoms with Crippen molar-refractivity contribution in [3.8, 4) is 0 Å². The smallest absolute Gasteiger partial charge is 0.327 e. The van der Waals surface area contributed by atoms with E-state index in [1.54, 1.807) is 0 Å². The van der Waals surface area contributed by atoms with Gasteiger partial charge in [-0.2, -0.15) is 0 Å². The third kappa shape index (κ3) is 2.46. The molecule has 0 heterocycles. The molecule has 16 heavy (non-hydrogen) atoms. The van der Waals surface area contributed by atoms with Gasteiger partial charge in [0, 0.05) is 0 Å². The lowest BCUT2D eigenvalue weighted by molar-refractivity contribution is -0.138. The fraction of sp³-hybridized carbons (Fsp3) is 0.364. The molecule has 1 saturated carbocycles. The Bertz CT molecular complexity index is 401. The van der Waals surface area contributed by atoms with Crippen LogP contribution in [-0.2, 0) is 20.5 Å². The third-order valence-corrected chi connectivity index (χ3v) is 3.03. The number of carbonyl (C=O) groups is 1. The number of benzene rings is 1. The molecule has 1 aliphatic carbocycles. The van der Waals surface area contributed by atoms with Crippen molar-refractivity contribution >= 4 is 14.7 Å². The molecule has 0 saturated heterocycles. The minimum atomic E-state index is -0.720. The van der Waals surface area contributed by atoms with Gasteiger partial charge in [-0.25, -0.2) is 4.57 Å². The van der Waals surface area contributed by atoms with Crippen molar-refractivity contribution in [3.63, 3.8) is 0 Å². The zero-order valence-corrected chi connectivity index (χ0v) is 9.39. The van der Waals surface area contributed by atoms with Crippen LogP contribution in [0.3, 0.4) is 0 Å². The molecule has 1 aromatic carbocycles. The fourth-order valence-electron chi connectivity index (χ4n) is 1.80. The molecular formula is C11H11O4P. The maximum atomic E-state index is 10.7. The molecule has 0 spiro atoms. The van der Waals surface area contributed by atoms with Gasteiger partial charge in [-0.15, -0.1) is 0 Å². The van der Waals surface area contributed by atoms with Crippen LogP contribution in [0.4, 0.5) is 0 Å². The lowest BCUT2D eigenvalue weighted by Crippen LogP contribution is -1.98. The molecule has 0 aliphatic heterocycles. The van der Waals surface area contributed by atoms with Crippen LogP contribution in [0.25, 0.3) is 0 Å². The number of rotatable bonds is 5. The predicted molar refractivity (Wildman–Crippen MR) is 57.3 cm³/mol. The van der Waals surface area contributed by atoms with Gasteiger partial charge in [0.1, 0.15) is 0 Å². The maximum Gasteiger partial charge on any atom is 0.327 e. The van der Waals surface area contributed by atoms with E-state index in [2.05, 4.69) is 0 Å². The second kappa shape index (κ2) is 4.73. The Morgan fingerprint density at radius 2 is 2.12 bits per heavy atom. The van der Waals surface area contributed by atoms with E-state index in [1.807, 2.05) is 24.3 Å². The van der Waals surface area contributed by atoms with Gasteiger partial charge in [-0.05, 0) is 23.5 Å². The lowest BCUT2D eigenvalue weighted by Gasteiger charge is -2.01. The Balaban J connectivity index is 1.98. The van der Waals surface area contributed by atoms with E-state index >= 15 is 0 Å². The van der Waals surface area contributed by atoms with E-state index in [0.717, 1.165) is 17.5 Å². The van der Waals surface area contributed by atoms with Crippen molar-refractivity contribution in [1.82, 2.24) is 0 Å². The molecule has 2 atom stereocenters. The van der Waals surface area contributed by atoms with Crippen LogP contribution in [0.5, 0.6) is 0 Å². The van der Waals surface area contributed by atoms with Crippen LogP contribution >= 0.6 is 8.69 Å². The number of hydrogen-bond donors (Lipinski definition) is 1. The summed E-state index contributed by atoms with van der Waals surface area (Å²) in [6, 6.07) is 7.57. The van der Waals surface area contributed by atoms with E-state index in [9.17, 15) is 9.36 Å². The molecule has 0 amide bonds.